The van der Waals surface area contributed by atoms with E-state index in [-0.39, 0.29) is 0 Å². The molecule has 0 bridgehead atoms. The van der Waals surface area contributed by atoms with E-state index in [2.05, 4.69) is 4.90 Å². The first-order valence-corrected chi connectivity index (χ1v) is 4.52. The molecule has 3 nitrogen and oxygen atoms in total. The van der Waals surface area contributed by atoms with Crippen LogP contribution < -0.4 is 0 Å². The van der Waals surface area contributed by atoms with Gasteiger partial charge in [-0.05, 0) is 25.6 Å². The first-order chi connectivity index (χ1) is 6.07. The van der Waals surface area contributed by atoms with Gasteiger partial charge < -0.3 is 14.4 Å². The monoisotopic (exact) mass is 181 g/mol. The number of rotatable bonds is 2. The Hall–Kier alpha value is -0.800. The summed E-state index contributed by atoms with van der Waals surface area (Å²) in [6.07, 6.45) is 2.35. The number of β-amino-alcohol motifs (C(OH)–C–C–N with tert-alkyl or cyclic N) is 1. The molecule has 1 fully saturated rings. The van der Waals surface area contributed by atoms with Crippen molar-refractivity contribution in [3.8, 4) is 0 Å². The number of hydrogen-bond donors (Lipinski definition) is 1. The summed E-state index contributed by atoms with van der Waals surface area (Å²) in [7, 11) is 2.00. The lowest BCUT2D eigenvalue weighted by Crippen LogP contribution is -2.61. The second kappa shape index (κ2) is 2.86. The largest absolute Gasteiger partial charge is 0.469 e. The molecule has 0 spiro atoms. The van der Waals surface area contributed by atoms with Crippen LogP contribution in [0.5, 0.6) is 0 Å². The molecule has 0 saturated carbocycles. The Bertz CT molecular complexity index is 300. The van der Waals surface area contributed by atoms with Crippen molar-refractivity contribution in [3.63, 3.8) is 0 Å². The van der Waals surface area contributed by atoms with Gasteiger partial charge in [0.15, 0.2) is 0 Å². The molecule has 0 atom stereocenters. The highest BCUT2D eigenvalue weighted by Crippen LogP contribution is 2.24. The molecule has 0 unspecified atom stereocenters. The van der Waals surface area contributed by atoms with Crippen molar-refractivity contribution in [3.05, 3.63) is 23.7 Å². The molecule has 3 heteroatoms. The molecule has 0 amide bonds. The smallest absolute Gasteiger partial charge is 0.107 e. The fourth-order valence-electron chi connectivity index (χ4n) is 1.98. The average Bonchev–Trinajstić information content (AvgIpc) is 2.32. The van der Waals surface area contributed by atoms with Crippen LogP contribution >= 0.6 is 0 Å². The van der Waals surface area contributed by atoms with E-state index in [0.29, 0.717) is 6.42 Å². The minimum Gasteiger partial charge on any atom is -0.469 e. The summed E-state index contributed by atoms with van der Waals surface area (Å²) in [5.74, 6) is 0.883. The van der Waals surface area contributed by atoms with E-state index in [1.165, 1.54) is 0 Å². The van der Waals surface area contributed by atoms with Gasteiger partial charge in [0.1, 0.15) is 5.76 Å². The maximum atomic E-state index is 9.94. The van der Waals surface area contributed by atoms with Crippen LogP contribution in [0.3, 0.4) is 0 Å². The number of likely N-dealkylation sites (tertiary alicyclic amines) is 1. The van der Waals surface area contributed by atoms with E-state index in [0.717, 1.165) is 24.4 Å². The molecule has 1 aromatic heterocycles. The molecular weight excluding hydrogens is 166 g/mol. The maximum absolute atomic E-state index is 9.94. The number of nitrogens with zero attached hydrogens (tertiary/aromatic N) is 1. The van der Waals surface area contributed by atoms with E-state index in [4.69, 9.17) is 4.42 Å². The Balaban J connectivity index is 1.99. The average molecular weight is 181 g/mol. The predicted octanol–water partition coefficient (Wildman–Crippen LogP) is 0.807. The van der Waals surface area contributed by atoms with E-state index >= 15 is 0 Å². The second-order valence-electron chi connectivity index (χ2n) is 4.16. The summed E-state index contributed by atoms with van der Waals surface area (Å²) in [5, 5.41) is 9.94. The molecule has 72 valence electrons. The van der Waals surface area contributed by atoms with Gasteiger partial charge in [-0.1, -0.05) is 0 Å². The van der Waals surface area contributed by atoms with Crippen molar-refractivity contribution in [2.45, 2.75) is 18.9 Å². The summed E-state index contributed by atoms with van der Waals surface area (Å²) < 4.78 is 5.29. The molecule has 2 heterocycles. The van der Waals surface area contributed by atoms with Gasteiger partial charge in [-0.15, -0.1) is 0 Å². The highest BCUT2D eigenvalue weighted by molar-refractivity contribution is 5.14. The first-order valence-electron chi connectivity index (χ1n) is 4.52. The molecule has 0 radical (unpaired) electrons. The van der Waals surface area contributed by atoms with E-state index in [1.807, 2.05) is 20.0 Å². The van der Waals surface area contributed by atoms with Crippen LogP contribution in [-0.4, -0.2) is 35.7 Å². The maximum Gasteiger partial charge on any atom is 0.107 e. The summed E-state index contributed by atoms with van der Waals surface area (Å²) >= 11 is 0. The van der Waals surface area contributed by atoms with Crippen molar-refractivity contribution in [1.82, 2.24) is 4.90 Å². The quantitative estimate of drug-likeness (QED) is 0.733. The van der Waals surface area contributed by atoms with Crippen LogP contribution in [0.1, 0.15) is 11.3 Å². The van der Waals surface area contributed by atoms with E-state index < -0.39 is 5.60 Å². The van der Waals surface area contributed by atoms with Crippen molar-refractivity contribution < 1.29 is 9.52 Å². The molecule has 1 saturated heterocycles. The second-order valence-corrected chi connectivity index (χ2v) is 4.16. The van der Waals surface area contributed by atoms with Crippen molar-refractivity contribution in [1.29, 1.82) is 0 Å². The zero-order valence-electron chi connectivity index (χ0n) is 8.08. The van der Waals surface area contributed by atoms with Gasteiger partial charge in [-0.2, -0.15) is 0 Å². The highest BCUT2D eigenvalue weighted by Gasteiger charge is 2.39. The molecule has 0 aliphatic carbocycles. The lowest BCUT2D eigenvalue weighted by atomic mass is 9.90. The summed E-state index contributed by atoms with van der Waals surface area (Å²) in [6.45, 7) is 3.48. The number of hydrogen-bond acceptors (Lipinski definition) is 3. The van der Waals surface area contributed by atoms with Crippen LogP contribution in [0.15, 0.2) is 16.7 Å². The van der Waals surface area contributed by atoms with E-state index in [1.54, 1.807) is 6.26 Å². The number of aryl methyl sites for hydroxylation is 1. The van der Waals surface area contributed by atoms with Gasteiger partial charge >= 0.3 is 0 Å². The minimum absolute atomic E-state index is 0.557. The topological polar surface area (TPSA) is 36.6 Å². The Morgan fingerprint density at radius 2 is 2.31 bits per heavy atom. The van der Waals surface area contributed by atoms with Crippen LogP contribution in [-0.2, 0) is 6.42 Å². The lowest BCUT2D eigenvalue weighted by Gasteiger charge is -2.44. The normalized spacial score (nSPS) is 21.5. The molecule has 13 heavy (non-hydrogen) atoms. The standard InChI is InChI=1S/C10H15NO2/c1-8-3-9(13-5-8)4-10(12)6-11(2)7-10/h3,5,12H,4,6-7H2,1-2H3. The van der Waals surface area contributed by atoms with Gasteiger partial charge in [0, 0.05) is 19.5 Å². The van der Waals surface area contributed by atoms with Crippen molar-refractivity contribution in [2.75, 3.05) is 20.1 Å². The Morgan fingerprint density at radius 3 is 2.77 bits per heavy atom. The van der Waals surface area contributed by atoms with Gasteiger partial charge in [0.25, 0.3) is 0 Å². The van der Waals surface area contributed by atoms with Gasteiger partial charge in [0.2, 0.25) is 0 Å². The van der Waals surface area contributed by atoms with Crippen LogP contribution in [0.2, 0.25) is 0 Å². The van der Waals surface area contributed by atoms with Crippen LogP contribution in [0, 0.1) is 6.92 Å². The summed E-state index contributed by atoms with van der Waals surface area (Å²) in [5.41, 5.74) is 0.560. The van der Waals surface area contributed by atoms with Gasteiger partial charge in [0.05, 0.1) is 11.9 Å². The molecule has 1 aliphatic rings. The summed E-state index contributed by atoms with van der Waals surface area (Å²) in [4.78, 5) is 2.09. The zero-order valence-corrected chi connectivity index (χ0v) is 8.08. The third kappa shape index (κ3) is 1.76. The molecule has 1 aliphatic heterocycles. The molecule has 0 aromatic carbocycles. The fourth-order valence-corrected chi connectivity index (χ4v) is 1.98. The Labute approximate surface area is 78.0 Å². The molecular formula is C10H15NO2. The molecule has 1 N–H and O–H groups in total. The third-order valence-corrected chi connectivity index (χ3v) is 2.42. The zero-order chi connectivity index (χ0) is 9.47. The van der Waals surface area contributed by atoms with Crippen LogP contribution in [0.4, 0.5) is 0 Å². The molecule has 2 rings (SSSR count). The summed E-state index contributed by atoms with van der Waals surface area (Å²) in [6, 6.07) is 1.98. The molecule has 1 aromatic rings. The lowest BCUT2D eigenvalue weighted by molar-refractivity contribution is -0.0874. The van der Waals surface area contributed by atoms with Crippen molar-refractivity contribution >= 4 is 0 Å². The number of furan rings is 1. The Kier molecular flexibility index (Phi) is 1.93. The highest BCUT2D eigenvalue weighted by atomic mass is 16.3. The predicted molar refractivity (Wildman–Crippen MR) is 49.6 cm³/mol. The van der Waals surface area contributed by atoms with Crippen molar-refractivity contribution in [2.24, 2.45) is 0 Å². The van der Waals surface area contributed by atoms with Gasteiger partial charge in [-0.3, -0.25) is 0 Å². The van der Waals surface area contributed by atoms with Crippen LogP contribution in [0.25, 0.3) is 0 Å². The van der Waals surface area contributed by atoms with Gasteiger partial charge in [-0.25, -0.2) is 0 Å². The Morgan fingerprint density at radius 1 is 1.62 bits per heavy atom. The minimum atomic E-state index is -0.557. The van der Waals surface area contributed by atoms with E-state index in [9.17, 15) is 5.11 Å². The SMILES string of the molecule is Cc1coc(CC2(O)CN(C)C2)c1. The third-order valence-electron chi connectivity index (χ3n) is 2.42. The first kappa shape index (κ1) is 8.78. The number of aliphatic hydroxyl groups is 1. The fraction of sp³-hybridized carbons (Fsp3) is 0.600. The number of likely N-dealkylation sites (N-methyl/N-ethyl adjacent to an activating group) is 1.